The number of rotatable bonds is 1. The molecule has 2 rings (SSSR count). The Labute approximate surface area is 97.0 Å². The van der Waals surface area contributed by atoms with E-state index in [0.717, 1.165) is 5.56 Å². The highest BCUT2D eigenvalue weighted by Gasteiger charge is 2.28. The maximum Gasteiger partial charge on any atom is 0.393 e. The molecule has 0 saturated heterocycles. The smallest absolute Gasteiger partial charge is 0.315 e. The van der Waals surface area contributed by atoms with Crippen molar-refractivity contribution in [1.29, 1.82) is 0 Å². The molecule has 0 aliphatic carbocycles. The Kier molecular flexibility index (Phi) is 2.85. The lowest BCUT2D eigenvalue weighted by molar-refractivity contribution is -0.127. The van der Waals surface area contributed by atoms with Gasteiger partial charge in [-0.1, -0.05) is 12.1 Å². The molecule has 0 radical (unpaired) electrons. The summed E-state index contributed by atoms with van der Waals surface area (Å²) >= 11 is 0. The molecule has 1 aromatic rings. The molecule has 1 aromatic carbocycles. The van der Waals surface area contributed by atoms with Crippen LogP contribution in [-0.2, 0) is 17.6 Å². The predicted molar refractivity (Wildman–Crippen MR) is 57.9 cm³/mol. The minimum atomic E-state index is -4.19. The maximum absolute atomic E-state index is 12.2. The second kappa shape index (κ2) is 4.05. The first-order valence-electron chi connectivity index (χ1n) is 5.32. The van der Waals surface area contributed by atoms with Gasteiger partial charge in [-0.25, -0.2) is 0 Å². The van der Waals surface area contributed by atoms with E-state index in [-0.39, 0.29) is 11.5 Å². The van der Waals surface area contributed by atoms with E-state index in [9.17, 15) is 18.0 Å². The number of nitrogens with zero attached hydrogens (tertiary/aromatic N) is 1. The number of carbonyl (C=O) groups excluding carboxylic acids is 1. The van der Waals surface area contributed by atoms with Gasteiger partial charge in [-0.2, -0.15) is 13.2 Å². The molecule has 0 fully saturated rings. The molecule has 0 bridgehead atoms. The summed E-state index contributed by atoms with van der Waals surface area (Å²) in [4.78, 5) is 12.9. The van der Waals surface area contributed by atoms with Crippen molar-refractivity contribution in [3.63, 3.8) is 0 Å². The number of aryl methyl sites for hydroxylation is 1. The third kappa shape index (κ3) is 2.60. The normalized spacial score (nSPS) is 16.0. The van der Waals surface area contributed by atoms with Crippen LogP contribution < -0.4 is 4.90 Å². The number of halogens is 3. The Morgan fingerprint density at radius 1 is 1.29 bits per heavy atom. The van der Waals surface area contributed by atoms with E-state index in [4.69, 9.17) is 0 Å². The first-order chi connectivity index (χ1) is 7.87. The van der Waals surface area contributed by atoms with Gasteiger partial charge in [-0.05, 0) is 23.6 Å². The summed E-state index contributed by atoms with van der Waals surface area (Å²) in [5, 5.41) is 0. The van der Waals surface area contributed by atoms with E-state index >= 15 is 0 Å². The highest BCUT2D eigenvalue weighted by atomic mass is 19.4. The van der Waals surface area contributed by atoms with E-state index in [1.54, 1.807) is 19.2 Å². The zero-order chi connectivity index (χ0) is 12.6. The second-order valence-corrected chi connectivity index (χ2v) is 4.21. The number of alkyl halides is 3. The summed E-state index contributed by atoms with van der Waals surface area (Å²) in [7, 11) is 1.64. The number of anilines is 1. The third-order valence-corrected chi connectivity index (χ3v) is 2.89. The van der Waals surface area contributed by atoms with Crippen LogP contribution in [0.4, 0.5) is 18.9 Å². The zero-order valence-corrected chi connectivity index (χ0v) is 9.34. The van der Waals surface area contributed by atoms with Crippen LogP contribution in [0.2, 0.25) is 0 Å². The van der Waals surface area contributed by atoms with Crippen LogP contribution >= 0.6 is 0 Å². The molecule has 0 N–H and O–H groups in total. The summed E-state index contributed by atoms with van der Waals surface area (Å²) in [5.41, 5.74) is 1.78. The van der Waals surface area contributed by atoms with Gasteiger partial charge in [0.1, 0.15) is 0 Å². The fraction of sp³-hybridized carbons (Fsp3) is 0.417. The number of benzene rings is 1. The molecule has 1 amide bonds. The number of hydrogen-bond acceptors (Lipinski definition) is 1. The van der Waals surface area contributed by atoms with E-state index < -0.39 is 12.6 Å². The fourth-order valence-corrected chi connectivity index (χ4v) is 2.05. The molecular formula is C12H12F3NO. The number of hydrogen-bond donors (Lipinski definition) is 0. The van der Waals surface area contributed by atoms with Gasteiger partial charge in [0.15, 0.2) is 0 Å². The Bertz CT molecular complexity index is 454. The van der Waals surface area contributed by atoms with E-state index in [2.05, 4.69) is 0 Å². The molecule has 0 unspecified atom stereocenters. The summed E-state index contributed by atoms with van der Waals surface area (Å²) in [6.07, 6.45) is -4.23. The van der Waals surface area contributed by atoms with Crippen molar-refractivity contribution < 1.29 is 18.0 Å². The average Bonchev–Trinajstić information content (AvgIpc) is 2.21. The molecule has 17 heavy (non-hydrogen) atoms. The maximum atomic E-state index is 12.2. The van der Waals surface area contributed by atoms with Crippen LogP contribution in [0, 0.1) is 0 Å². The third-order valence-electron chi connectivity index (χ3n) is 2.89. The topological polar surface area (TPSA) is 20.3 Å². The Hall–Kier alpha value is -1.52. The standard InChI is InChI=1S/C12H12F3NO/c1-16-10-4-2-8(7-12(13,14)15)6-9(10)3-5-11(16)17/h2,4,6H,3,5,7H2,1H3. The van der Waals surface area contributed by atoms with Gasteiger partial charge in [-0.3, -0.25) is 4.79 Å². The lowest BCUT2D eigenvalue weighted by atomic mass is 9.98. The van der Waals surface area contributed by atoms with Crippen molar-refractivity contribution in [3.05, 3.63) is 29.3 Å². The minimum Gasteiger partial charge on any atom is -0.315 e. The van der Waals surface area contributed by atoms with Crippen LogP contribution in [-0.4, -0.2) is 19.1 Å². The second-order valence-electron chi connectivity index (χ2n) is 4.21. The molecule has 1 heterocycles. The van der Waals surface area contributed by atoms with Gasteiger partial charge < -0.3 is 4.90 Å². The molecule has 2 nitrogen and oxygen atoms in total. The Morgan fingerprint density at radius 2 is 2.00 bits per heavy atom. The quantitative estimate of drug-likeness (QED) is 0.742. The predicted octanol–water partition coefficient (Wildman–Crippen LogP) is 2.70. The van der Waals surface area contributed by atoms with Gasteiger partial charge in [0.05, 0.1) is 6.42 Å². The minimum absolute atomic E-state index is 0.000992. The van der Waals surface area contributed by atoms with Crippen molar-refractivity contribution in [1.82, 2.24) is 0 Å². The highest BCUT2D eigenvalue weighted by Crippen LogP contribution is 2.29. The summed E-state index contributed by atoms with van der Waals surface area (Å²) in [6, 6.07) is 4.57. The largest absolute Gasteiger partial charge is 0.393 e. The highest BCUT2D eigenvalue weighted by molar-refractivity contribution is 5.95. The fourth-order valence-electron chi connectivity index (χ4n) is 2.05. The van der Waals surface area contributed by atoms with Crippen molar-refractivity contribution in [2.45, 2.75) is 25.4 Å². The SMILES string of the molecule is CN1C(=O)CCc2cc(CC(F)(F)F)ccc21. The molecule has 1 aliphatic heterocycles. The van der Waals surface area contributed by atoms with Crippen LogP contribution in [0.3, 0.4) is 0 Å². The Balaban J connectivity index is 2.29. The molecule has 1 aliphatic rings. The molecule has 0 atom stereocenters. The summed E-state index contributed by atoms with van der Waals surface area (Å²) < 4.78 is 36.7. The monoisotopic (exact) mass is 243 g/mol. The lowest BCUT2D eigenvalue weighted by Gasteiger charge is -2.26. The average molecular weight is 243 g/mol. The molecule has 5 heteroatoms. The van der Waals surface area contributed by atoms with Crippen molar-refractivity contribution >= 4 is 11.6 Å². The molecular weight excluding hydrogens is 231 g/mol. The number of amides is 1. The van der Waals surface area contributed by atoms with Crippen molar-refractivity contribution in [3.8, 4) is 0 Å². The van der Waals surface area contributed by atoms with Gasteiger partial charge >= 0.3 is 6.18 Å². The molecule has 92 valence electrons. The van der Waals surface area contributed by atoms with Gasteiger partial charge in [0.2, 0.25) is 5.91 Å². The van der Waals surface area contributed by atoms with Crippen molar-refractivity contribution in [2.75, 3.05) is 11.9 Å². The van der Waals surface area contributed by atoms with Crippen LogP contribution in [0.25, 0.3) is 0 Å². The van der Waals surface area contributed by atoms with Gasteiger partial charge in [0.25, 0.3) is 0 Å². The van der Waals surface area contributed by atoms with Crippen LogP contribution in [0.5, 0.6) is 0 Å². The van der Waals surface area contributed by atoms with E-state index in [1.807, 2.05) is 0 Å². The first-order valence-corrected chi connectivity index (χ1v) is 5.32. The van der Waals surface area contributed by atoms with Crippen LogP contribution in [0.15, 0.2) is 18.2 Å². The summed E-state index contributed by atoms with van der Waals surface area (Å²) in [5.74, 6) is 0.000992. The molecule has 0 aromatic heterocycles. The molecule has 0 spiro atoms. The summed E-state index contributed by atoms with van der Waals surface area (Å²) in [6.45, 7) is 0. The van der Waals surface area contributed by atoms with Crippen LogP contribution in [0.1, 0.15) is 17.5 Å². The molecule has 0 saturated carbocycles. The van der Waals surface area contributed by atoms with Gasteiger partial charge in [-0.15, -0.1) is 0 Å². The van der Waals surface area contributed by atoms with E-state index in [1.165, 1.54) is 11.0 Å². The first kappa shape index (κ1) is 12.0. The number of fused-ring (bicyclic) bond motifs is 1. The van der Waals surface area contributed by atoms with Crippen molar-refractivity contribution in [2.24, 2.45) is 0 Å². The zero-order valence-electron chi connectivity index (χ0n) is 9.34. The lowest BCUT2D eigenvalue weighted by Crippen LogP contribution is -2.31. The van der Waals surface area contributed by atoms with Gasteiger partial charge in [0, 0.05) is 19.2 Å². The number of carbonyl (C=O) groups is 1. The van der Waals surface area contributed by atoms with E-state index in [0.29, 0.717) is 18.5 Å². The Morgan fingerprint density at radius 3 is 2.65 bits per heavy atom.